The van der Waals surface area contributed by atoms with E-state index in [9.17, 15) is 0 Å². The fourth-order valence-corrected chi connectivity index (χ4v) is 2.45. The third-order valence-electron chi connectivity index (χ3n) is 2.92. The molecule has 0 aliphatic rings. The second-order valence-corrected chi connectivity index (χ2v) is 5.01. The molecule has 0 aliphatic heterocycles. The van der Waals surface area contributed by atoms with E-state index in [0.717, 1.165) is 16.0 Å². The molecule has 0 amide bonds. The van der Waals surface area contributed by atoms with Crippen molar-refractivity contribution in [3.63, 3.8) is 0 Å². The molecule has 0 radical (unpaired) electrons. The molecule has 2 heterocycles. The maximum atomic E-state index is 9.05. The topological polar surface area (TPSA) is 91.1 Å². The molecular weight excluding hydrogens is 284 g/mol. The lowest BCUT2D eigenvalue weighted by Crippen LogP contribution is -1.86. The number of rotatable bonds is 3. The minimum atomic E-state index is 0.565. The highest BCUT2D eigenvalue weighted by molar-refractivity contribution is 7.98. The van der Waals surface area contributed by atoms with E-state index < -0.39 is 0 Å². The first kappa shape index (κ1) is 13.3. The molecular formula is C14H10N6S. The average Bonchev–Trinajstić information content (AvgIpc) is 3.05. The number of H-pyrrole nitrogens is 1. The predicted octanol–water partition coefficient (Wildman–Crippen LogP) is 2.52. The van der Waals surface area contributed by atoms with Gasteiger partial charge in [-0.3, -0.25) is 5.10 Å². The Bertz CT molecular complexity index is 806. The smallest absolute Gasteiger partial charge is 0.183 e. The molecule has 0 saturated heterocycles. The average molecular weight is 294 g/mol. The van der Waals surface area contributed by atoms with Gasteiger partial charge in [-0.2, -0.15) is 20.6 Å². The number of hydrogen-bond acceptors (Lipinski definition) is 6. The number of aromatic nitrogens is 5. The van der Waals surface area contributed by atoms with E-state index in [1.807, 2.05) is 18.4 Å². The van der Waals surface area contributed by atoms with Crippen LogP contribution in [-0.4, -0.2) is 31.6 Å². The van der Waals surface area contributed by atoms with Gasteiger partial charge < -0.3 is 0 Å². The maximum Gasteiger partial charge on any atom is 0.183 e. The van der Waals surface area contributed by atoms with E-state index in [1.54, 1.807) is 24.5 Å². The number of thioether (sulfide) groups is 1. The van der Waals surface area contributed by atoms with Crippen LogP contribution < -0.4 is 0 Å². The molecule has 1 N–H and O–H groups in total. The molecule has 0 unspecified atom stereocenters. The largest absolute Gasteiger partial charge is 0.259 e. The standard InChI is InChI=1S/C14H10N6S/c1-21-12-6-9(2-3-10(12)7-15)13-18-14(20-19-13)11-4-5-16-17-8-11/h2-6,8H,1H3,(H,18,19,20). The first-order valence-electron chi connectivity index (χ1n) is 6.10. The number of aromatic amines is 1. The van der Waals surface area contributed by atoms with Crippen LogP contribution in [0.15, 0.2) is 41.6 Å². The molecule has 2 aromatic heterocycles. The lowest BCUT2D eigenvalue weighted by Gasteiger charge is -2.02. The van der Waals surface area contributed by atoms with Gasteiger partial charge in [-0.25, -0.2) is 4.98 Å². The van der Waals surface area contributed by atoms with E-state index in [4.69, 9.17) is 5.26 Å². The lowest BCUT2D eigenvalue weighted by atomic mass is 10.1. The summed E-state index contributed by atoms with van der Waals surface area (Å²) in [6, 6.07) is 9.54. The molecule has 7 heteroatoms. The van der Waals surface area contributed by atoms with E-state index in [2.05, 4.69) is 31.4 Å². The van der Waals surface area contributed by atoms with Crippen LogP contribution in [0, 0.1) is 11.3 Å². The number of nitriles is 1. The molecule has 102 valence electrons. The van der Waals surface area contributed by atoms with Gasteiger partial charge in [0.1, 0.15) is 6.07 Å². The van der Waals surface area contributed by atoms with Gasteiger partial charge in [-0.05, 0) is 30.5 Å². The number of nitrogens with one attached hydrogen (secondary N) is 1. The van der Waals surface area contributed by atoms with Crippen LogP contribution in [0.3, 0.4) is 0 Å². The van der Waals surface area contributed by atoms with Gasteiger partial charge in [-0.1, -0.05) is 0 Å². The Labute approximate surface area is 125 Å². The Kier molecular flexibility index (Phi) is 3.62. The second-order valence-electron chi connectivity index (χ2n) is 4.17. The van der Waals surface area contributed by atoms with Crippen molar-refractivity contribution in [2.45, 2.75) is 4.90 Å². The summed E-state index contributed by atoms with van der Waals surface area (Å²) in [6.45, 7) is 0. The van der Waals surface area contributed by atoms with Crippen molar-refractivity contribution < 1.29 is 0 Å². The van der Waals surface area contributed by atoms with Crippen LogP contribution in [-0.2, 0) is 0 Å². The van der Waals surface area contributed by atoms with Crippen molar-refractivity contribution in [3.05, 3.63) is 42.2 Å². The van der Waals surface area contributed by atoms with Gasteiger partial charge >= 0.3 is 0 Å². The van der Waals surface area contributed by atoms with Crippen LogP contribution in [0.2, 0.25) is 0 Å². The van der Waals surface area contributed by atoms with E-state index in [1.165, 1.54) is 11.8 Å². The summed E-state index contributed by atoms with van der Waals surface area (Å²) in [7, 11) is 0. The zero-order valence-electron chi connectivity index (χ0n) is 11.1. The Balaban J connectivity index is 1.99. The second kappa shape index (κ2) is 5.73. The summed E-state index contributed by atoms with van der Waals surface area (Å²) in [5.41, 5.74) is 2.34. The van der Waals surface area contributed by atoms with Crippen molar-refractivity contribution in [3.8, 4) is 28.8 Å². The molecule has 3 rings (SSSR count). The summed E-state index contributed by atoms with van der Waals surface area (Å²) >= 11 is 1.53. The summed E-state index contributed by atoms with van der Waals surface area (Å²) in [4.78, 5) is 5.37. The maximum absolute atomic E-state index is 9.05. The van der Waals surface area contributed by atoms with Crippen LogP contribution in [0.1, 0.15) is 5.56 Å². The summed E-state index contributed by atoms with van der Waals surface area (Å²) in [6.07, 6.45) is 5.15. The summed E-state index contributed by atoms with van der Waals surface area (Å²) in [5.74, 6) is 1.22. The Morgan fingerprint density at radius 1 is 1.19 bits per heavy atom. The van der Waals surface area contributed by atoms with Gasteiger partial charge in [0.15, 0.2) is 11.6 Å². The molecule has 0 atom stereocenters. The first-order chi connectivity index (χ1) is 10.3. The van der Waals surface area contributed by atoms with Gasteiger partial charge in [0.2, 0.25) is 0 Å². The summed E-state index contributed by atoms with van der Waals surface area (Å²) in [5, 5.41) is 23.7. The van der Waals surface area contributed by atoms with Gasteiger partial charge in [0.05, 0.1) is 18.0 Å². The van der Waals surface area contributed by atoms with E-state index in [0.29, 0.717) is 17.2 Å². The van der Waals surface area contributed by atoms with Gasteiger partial charge in [0, 0.05) is 16.0 Å². The monoisotopic (exact) mass is 294 g/mol. The molecule has 21 heavy (non-hydrogen) atoms. The molecule has 0 spiro atoms. The van der Waals surface area contributed by atoms with E-state index in [-0.39, 0.29) is 0 Å². The van der Waals surface area contributed by atoms with Crippen LogP contribution in [0.25, 0.3) is 22.8 Å². The minimum absolute atomic E-state index is 0.565. The molecule has 0 fully saturated rings. The fourth-order valence-electron chi connectivity index (χ4n) is 1.87. The third kappa shape index (κ3) is 2.61. The molecule has 6 nitrogen and oxygen atoms in total. The van der Waals surface area contributed by atoms with Crippen LogP contribution in [0.5, 0.6) is 0 Å². The van der Waals surface area contributed by atoms with Crippen LogP contribution in [0.4, 0.5) is 0 Å². The Morgan fingerprint density at radius 3 is 2.81 bits per heavy atom. The lowest BCUT2D eigenvalue weighted by molar-refractivity contribution is 1.02. The van der Waals surface area contributed by atoms with Crippen molar-refractivity contribution in [2.24, 2.45) is 0 Å². The highest BCUT2D eigenvalue weighted by atomic mass is 32.2. The van der Waals surface area contributed by atoms with Gasteiger partial charge in [-0.15, -0.1) is 11.8 Å². The zero-order valence-corrected chi connectivity index (χ0v) is 11.9. The molecule has 1 aromatic carbocycles. The van der Waals surface area contributed by atoms with Crippen molar-refractivity contribution >= 4 is 11.8 Å². The number of benzene rings is 1. The highest BCUT2D eigenvalue weighted by Gasteiger charge is 2.10. The van der Waals surface area contributed by atoms with Gasteiger partial charge in [0.25, 0.3) is 0 Å². The number of hydrogen-bond donors (Lipinski definition) is 1. The van der Waals surface area contributed by atoms with Crippen molar-refractivity contribution in [1.29, 1.82) is 5.26 Å². The summed E-state index contributed by atoms with van der Waals surface area (Å²) < 4.78 is 0. The quantitative estimate of drug-likeness (QED) is 0.746. The highest BCUT2D eigenvalue weighted by Crippen LogP contribution is 2.26. The van der Waals surface area contributed by atoms with Crippen molar-refractivity contribution in [2.75, 3.05) is 6.26 Å². The molecule has 0 aliphatic carbocycles. The van der Waals surface area contributed by atoms with Crippen molar-refractivity contribution in [1.82, 2.24) is 25.4 Å². The Hall–Kier alpha value is -2.72. The minimum Gasteiger partial charge on any atom is -0.259 e. The third-order valence-corrected chi connectivity index (χ3v) is 3.70. The fraction of sp³-hybridized carbons (Fsp3) is 0.0714. The normalized spacial score (nSPS) is 10.3. The first-order valence-corrected chi connectivity index (χ1v) is 7.32. The zero-order chi connectivity index (χ0) is 14.7. The van der Waals surface area contributed by atoms with E-state index >= 15 is 0 Å². The number of nitrogens with zero attached hydrogens (tertiary/aromatic N) is 5. The predicted molar refractivity (Wildman–Crippen MR) is 79.3 cm³/mol. The molecule has 0 bridgehead atoms. The molecule has 3 aromatic rings. The SMILES string of the molecule is CSc1cc(-c2nc(-c3ccnnc3)n[nH]2)ccc1C#N. The molecule has 0 saturated carbocycles. The van der Waals surface area contributed by atoms with Crippen LogP contribution >= 0.6 is 11.8 Å². The Morgan fingerprint density at radius 2 is 2.10 bits per heavy atom.